The first-order valence-corrected chi connectivity index (χ1v) is 7.82. The zero-order valence-corrected chi connectivity index (χ0v) is 11.9. The molecule has 0 amide bonds. The van der Waals surface area contributed by atoms with Gasteiger partial charge < -0.3 is 4.43 Å². The van der Waals surface area contributed by atoms with E-state index in [9.17, 15) is 0 Å². The van der Waals surface area contributed by atoms with Crippen LogP contribution in [-0.4, -0.2) is 9.76 Å². The van der Waals surface area contributed by atoms with Crippen LogP contribution in [0.5, 0.6) is 0 Å². The lowest BCUT2D eigenvalue weighted by Gasteiger charge is -2.19. The maximum absolute atomic E-state index is 6.12. The van der Waals surface area contributed by atoms with E-state index in [0.717, 1.165) is 6.04 Å². The predicted molar refractivity (Wildman–Crippen MR) is 79.4 cm³/mol. The molecule has 0 N–H and O–H groups in total. The fourth-order valence-electron chi connectivity index (χ4n) is 1.91. The first kappa shape index (κ1) is 12.8. The Morgan fingerprint density at radius 3 is 1.89 bits per heavy atom. The van der Waals surface area contributed by atoms with Crippen LogP contribution < -0.4 is 0 Å². The monoisotopic (exact) mass is 254 g/mol. The molecule has 0 atom stereocenters. The lowest BCUT2D eigenvalue weighted by atomic mass is 10.0. The van der Waals surface area contributed by atoms with Gasteiger partial charge in [0.25, 0.3) is 0 Å². The number of rotatable bonds is 6. The highest BCUT2D eigenvalue weighted by atomic mass is 28.2. The number of benzene rings is 2. The molecule has 2 heteroatoms. The second kappa shape index (κ2) is 6.94. The molecular weight excluding hydrogens is 236 g/mol. The predicted octanol–water partition coefficient (Wildman–Crippen LogP) is 3.48. The van der Waals surface area contributed by atoms with Crippen molar-refractivity contribution in [3.05, 3.63) is 84.4 Å². The Balaban J connectivity index is 2.21. The van der Waals surface area contributed by atoms with Crippen molar-refractivity contribution >= 4 is 9.76 Å². The topological polar surface area (TPSA) is 9.23 Å². The van der Waals surface area contributed by atoms with Crippen LogP contribution >= 0.6 is 0 Å². The quantitative estimate of drug-likeness (QED) is 0.436. The van der Waals surface area contributed by atoms with Crippen LogP contribution in [0.4, 0.5) is 0 Å². The van der Waals surface area contributed by atoms with Gasteiger partial charge in [0.15, 0.2) is 9.76 Å². The second-order valence-electron chi connectivity index (χ2n) is 4.15. The molecule has 2 aromatic rings. The van der Waals surface area contributed by atoms with Crippen LogP contribution in [-0.2, 0) is 4.43 Å². The van der Waals surface area contributed by atoms with Crippen LogP contribution in [0.3, 0.4) is 0 Å². The summed E-state index contributed by atoms with van der Waals surface area (Å²) in [5.74, 6) is 0. The van der Waals surface area contributed by atoms with Gasteiger partial charge in [-0.05, 0) is 17.2 Å². The highest BCUT2D eigenvalue weighted by molar-refractivity contribution is 6.28. The molecule has 0 saturated carbocycles. The molecule has 0 unspecified atom stereocenters. The first-order chi connectivity index (χ1) is 8.92. The molecule has 18 heavy (non-hydrogen) atoms. The van der Waals surface area contributed by atoms with Crippen LogP contribution in [0.25, 0.3) is 0 Å². The molecule has 0 aliphatic carbocycles. The van der Waals surface area contributed by atoms with Gasteiger partial charge in [-0.15, -0.1) is 6.58 Å². The van der Waals surface area contributed by atoms with E-state index in [1.54, 1.807) is 0 Å². The molecule has 1 nitrogen and oxygen atoms in total. The highest BCUT2D eigenvalue weighted by Gasteiger charge is 2.13. The van der Waals surface area contributed by atoms with Gasteiger partial charge in [0.05, 0.1) is 6.10 Å². The van der Waals surface area contributed by atoms with Crippen LogP contribution in [0.2, 0.25) is 6.04 Å². The minimum Gasteiger partial charge on any atom is -0.413 e. The van der Waals surface area contributed by atoms with Gasteiger partial charge in [-0.25, -0.2) is 0 Å². The SMILES string of the molecule is C=CC[SiH2]OC(c1ccccc1)c1ccccc1. The molecule has 0 radical (unpaired) electrons. The maximum atomic E-state index is 6.12. The zero-order chi connectivity index (χ0) is 12.6. The van der Waals surface area contributed by atoms with Crippen molar-refractivity contribution in [3.63, 3.8) is 0 Å². The standard InChI is InChI=1S/C16H18OSi/c1-2-13-18-17-16(14-9-5-3-6-10-14)15-11-7-4-8-12-15/h2-12,16H,1,13,18H2. The van der Waals surface area contributed by atoms with Crippen molar-refractivity contribution < 1.29 is 4.43 Å². The van der Waals surface area contributed by atoms with E-state index >= 15 is 0 Å². The maximum Gasteiger partial charge on any atom is 0.166 e. The molecule has 2 rings (SSSR count). The minimum atomic E-state index is -0.542. The van der Waals surface area contributed by atoms with E-state index in [2.05, 4.69) is 55.1 Å². The van der Waals surface area contributed by atoms with Gasteiger partial charge in [0, 0.05) is 0 Å². The third-order valence-corrected chi connectivity index (χ3v) is 4.02. The van der Waals surface area contributed by atoms with E-state index in [1.807, 2.05) is 18.2 Å². The molecule has 0 aromatic heterocycles. The molecule has 92 valence electrons. The molecule has 0 bridgehead atoms. The summed E-state index contributed by atoms with van der Waals surface area (Å²) in [6.07, 6.45) is 2.01. The van der Waals surface area contributed by atoms with E-state index < -0.39 is 9.76 Å². The normalized spacial score (nSPS) is 11.2. The van der Waals surface area contributed by atoms with Gasteiger partial charge >= 0.3 is 0 Å². The van der Waals surface area contributed by atoms with Crippen molar-refractivity contribution in [1.82, 2.24) is 0 Å². The summed E-state index contributed by atoms with van der Waals surface area (Å²) in [5, 5.41) is 0. The third kappa shape index (κ3) is 3.42. The fourth-order valence-corrected chi connectivity index (χ4v) is 2.83. The largest absolute Gasteiger partial charge is 0.413 e. The van der Waals surface area contributed by atoms with Crippen molar-refractivity contribution in [2.75, 3.05) is 0 Å². The Morgan fingerprint density at radius 2 is 1.44 bits per heavy atom. The summed E-state index contributed by atoms with van der Waals surface area (Å²) >= 11 is 0. The first-order valence-electron chi connectivity index (χ1n) is 6.24. The van der Waals surface area contributed by atoms with Crippen molar-refractivity contribution in [3.8, 4) is 0 Å². The lowest BCUT2D eigenvalue weighted by molar-refractivity contribution is 0.262. The molecule has 0 aliphatic heterocycles. The molecular formula is C16H18OSi. The molecule has 0 spiro atoms. The number of hydrogen-bond acceptors (Lipinski definition) is 1. The highest BCUT2D eigenvalue weighted by Crippen LogP contribution is 2.25. The lowest BCUT2D eigenvalue weighted by Crippen LogP contribution is -2.08. The van der Waals surface area contributed by atoms with Gasteiger partial charge in [0.2, 0.25) is 0 Å². The number of hydrogen-bond donors (Lipinski definition) is 0. The van der Waals surface area contributed by atoms with Gasteiger partial charge in [0.1, 0.15) is 0 Å². The Hall–Kier alpha value is -1.64. The fraction of sp³-hybridized carbons (Fsp3) is 0.125. The molecule has 0 aliphatic rings. The summed E-state index contributed by atoms with van der Waals surface area (Å²) in [4.78, 5) is 0. The number of allylic oxidation sites excluding steroid dienone is 1. The van der Waals surface area contributed by atoms with Crippen molar-refractivity contribution in [2.24, 2.45) is 0 Å². The second-order valence-corrected chi connectivity index (χ2v) is 5.47. The Morgan fingerprint density at radius 1 is 0.944 bits per heavy atom. The summed E-state index contributed by atoms with van der Waals surface area (Å²) in [5.41, 5.74) is 2.44. The average molecular weight is 254 g/mol. The Bertz CT molecular complexity index is 427. The molecule has 0 fully saturated rings. The summed E-state index contributed by atoms with van der Waals surface area (Å²) in [7, 11) is -0.542. The smallest absolute Gasteiger partial charge is 0.166 e. The van der Waals surface area contributed by atoms with Crippen LogP contribution in [0.1, 0.15) is 17.2 Å². The molecule has 0 heterocycles. The molecule has 0 saturated heterocycles. The molecule has 2 aromatic carbocycles. The minimum absolute atomic E-state index is 0.0685. The Kier molecular flexibility index (Phi) is 4.94. The van der Waals surface area contributed by atoms with Crippen LogP contribution in [0, 0.1) is 0 Å². The van der Waals surface area contributed by atoms with E-state index in [4.69, 9.17) is 4.43 Å². The van der Waals surface area contributed by atoms with Gasteiger partial charge in [-0.1, -0.05) is 66.7 Å². The van der Waals surface area contributed by atoms with Crippen molar-refractivity contribution in [2.45, 2.75) is 12.1 Å². The summed E-state index contributed by atoms with van der Waals surface area (Å²) in [6.45, 7) is 3.76. The van der Waals surface area contributed by atoms with Gasteiger partial charge in [-0.3, -0.25) is 0 Å². The van der Waals surface area contributed by atoms with E-state index in [-0.39, 0.29) is 6.10 Å². The summed E-state index contributed by atoms with van der Waals surface area (Å²) < 4.78 is 6.12. The Labute approximate surface area is 111 Å². The van der Waals surface area contributed by atoms with E-state index in [0.29, 0.717) is 0 Å². The van der Waals surface area contributed by atoms with Crippen molar-refractivity contribution in [1.29, 1.82) is 0 Å². The van der Waals surface area contributed by atoms with Gasteiger partial charge in [-0.2, -0.15) is 0 Å². The zero-order valence-electron chi connectivity index (χ0n) is 10.5. The van der Waals surface area contributed by atoms with Crippen LogP contribution in [0.15, 0.2) is 73.3 Å². The average Bonchev–Trinajstić information content (AvgIpc) is 2.46. The third-order valence-electron chi connectivity index (χ3n) is 2.81. The summed E-state index contributed by atoms with van der Waals surface area (Å²) in [6, 6.07) is 21.8. The van der Waals surface area contributed by atoms with E-state index in [1.165, 1.54) is 11.1 Å².